The fourth-order valence-corrected chi connectivity index (χ4v) is 3.36. The van der Waals surface area contributed by atoms with Crippen LogP contribution in [0.3, 0.4) is 0 Å². The average Bonchev–Trinajstić information content (AvgIpc) is 2.77. The van der Waals surface area contributed by atoms with Gasteiger partial charge in [-0.1, -0.05) is 48.5 Å². The molecule has 0 spiro atoms. The number of para-hydroxylation sites is 1. The maximum atomic E-state index is 14.3. The van der Waals surface area contributed by atoms with Crippen molar-refractivity contribution in [1.29, 1.82) is 0 Å². The number of nitrogens with zero attached hydrogens (tertiary/aromatic N) is 2. The van der Waals surface area contributed by atoms with Gasteiger partial charge in [0, 0.05) is 24.0 Å². The summed E-state index contributed by atoms with van der Waals surface area (Å²) in [4.78, 5) is 6.69. The predicted octanol–water partition coefficient (Wildman–Crippen LogP) is 4.28. The van der Waals surface area contributed by atoms with Gasteiger partial charge in [-0.15, -0.1) is 0 Å². The highest BCUT2D eigenvalue weighted by atomic mass is 19.1. The van der Waals surface area contributed by atoms with Crippen molar-refractivity contribution < 1.29 is 9.13 Å². The third kappa shape index (κ3) is 3.49. The van der Waals surface area contributed by atoms with Gasteiger partial charge in [0.25, 0.3) is 6.36 Å². The maximum absolute atomic E-state index is 14.3. The lowest BCUT2D eigenvalue weighted by molar-refractivity contribution is 0.0365. The Balaban J connectivity index is 1.60. The zero-order valence-electron chi connectivity index (χ0n) is 14.3. The number of benzene rings is 2. The third-order valence-electron chi connectivity index (χ3n) is 4.68. The summed E-state index contributed by atoms with van der Waals surface area (Å²) in [6.45, 7) is 3.72. The van der Waals surface area contributed by atoms with Gasteiger partial charge in [-0.3, -0.25) is 4.90 Å². The normalized spacial score (nSPS) is 17.8. The number of fused-ring (bicyclic) bond motifs is 2. The minimum absolute atomic E-state index is 0.262. The second-order valence-corrected chi connectivity index (χ2v) is 6.60. The van der Waals surface area contributed by atoms with Gasteiger partial charge in [-0.2, -0.15) is 0 Å². The van der Waals surface area contributed by atoms with Crippen molar-refractivity contribution in [3.8, 4) is 5.88 Å². The van der Waals surface area contributed by atoms with Crippen molar-refractivity contribution in [1.82, 2.24) is 9.88 Å². The molecule has 1 aromatic heterocycles. The molecule has 0 saturated heterocycles. The van der Waals surface area contributed by atoms with E-state index < -0.39 is 6.36 Å². The molecule has 25 heavy (non-hydrogen) atoms. The number of rotatable bonds is 3. The second kappa shape index (κ2) is 6.81. The summed E-state index contributed by atoms with van der Waals surface area (Å²) in [5, 5.41) is 1.07. The molecular weight excluding hydrogens is 315 g/mol. The average molecular weight is 336 g/mol. The first-order valence-corrected chi connectivity index (χ1v) is 8.65. The van der Waals surface area contributed by atoms with Crippen LogP contribution in [0.25, 0.3) is 10.9 Å². The van der Waals surface area contributed by atoms with E-state index in [4.69, 9.17) is 4.74 Å². The number of hydrogen-bond acceptors (Lipinski definition) is 3. The van der Waals surface area contributed by atoms with E-state index in [1.165, 1.54) is 5.56 Å². The van der Waals surface area contributed by atoms with Gasteiger partial charge in [0.15, 0.2) is 0 Å². The van der Waals surface area contributed by atoms with Crippen LogP contribution in [0.2, 0.25) is 0 Å². The number of aromatic nitrogens is 1. The van der Waals surface area contributed by atoms with Crippen LogP contribution in [0.4, 0.5) is 4.39 Å². The van der Waals surface area contributed by atoms with Crippen LogP contribution in [0.5, 0.6) is 5.88 Å². The van der Waals surface area contributed by atoms with Gasteiger partial charge in [0.05, 0.1) is 12.1 Å². The van der Waals surface area contributed by atoms with Crippen LogP contribution in [0.15, 0.2) is 54.6 Å². The quantitative estimate of drug-likeness (QED) is 0.714. The summed E-state index contributed by atoms with van der Waals surface area (Å²) < 4.78 is 19.8. The number of pyridine rings is 1. The summed E-state index contributed by atoms with van der Waals surface area (Å²) >= 11 is 0. The van der Waals surface area contributed by atoms with E-state index >= 15 is 0 Å². The lowest BCUT2D eigenvalue weighted by Crippen LogP contribution is -2.31. The highest BCUT2D eigenvalue weighted by Gasteiger charge is 2.24. The summed E-state index contributed by atoms with van der Waals surface area (Å²) in [5.74, 6) is 0.427. The molecule has 0 amide bonds. The molecule has 2 aromatic carbocycles. The molecule has 1 atom stereocenters. The van der Waals surface area contributed by atoms with E-state index in [0.29, 0.717) is 12.4 Å². The number of halogens is 1. The molecule has 3 aromatic rings. The fraction of sp³-hybridized carbons (Fsp3) is 0.286. The highest BCUT2D eigenvalue weighted by molar-refractivity contribution is 5.83. The van der Waals surface area contributed by atoms with Crippen molar-refractivity contribution >= 4 is 10.9 Å². The summed E-state index contributed by atoms with van der Waals surface area (Å²) in [6, 6.07) is 18.4. The van der Waals surface area contributed by atoms with E-state index in [1.807, 2.05) is 43.3 Å². The van der Waals surface area contributed by atoms with Gasteiger partial charge in [-0.05, 0) is 30.5 Å². The van der Waals surface area contributed by atoms with Gasteiger partial charge < -0.3 is 4.74 Å². The molecule has 0 N–H and O–H groups in total. The number of alkyl halides is 1. The highest BCUT2D eigenvalue weighted by Crippen LogP contribution is 2.28. The van der Waals surface area contributed by atoms with Crippen LogP contribution in [0.1, 0.15) is 16.7 Å². The van der Waals surface area contributed by atoms with Crippen LogP contribution < -0.4 is 4.74 Å². The molecule has 0 aliphatic carbocycles. The summed E-state index contributed by atoms with van der Waals surface area (Å²) in [6.07, 6.45) is -0.464. The maximum Gasteiger partial charge on any atom is 0.252 e. The number of hydrogen-bond donors (Lipinski definition) is 0. The molecule has 4 rings (SSSR count). The standard InChI is InChI=1S/C21H21FN2O/c1-15-6-5-9-17-12-18-13-24(11-10-16-7-3-2-4-8-16)14-19(22)25-21(18)23-20(15)17/h2-9,12,19H,10-11,13-14H2,1H3/t19-/m1/s1. The molecule has 0 unspecified atom stereocenters. The molecule has 0 bridgehead atoms. The molecule has 1 aliphatic heterocycles. The van der Waals surface area contributed by atoms with Crippen molar-refractivity contribution in [3.05, 3.63) is 71.3 Å². The van der Waals surface area contributed by atoms with Crippen molar-refractivity contribution in [2.24, 2.45) is 0 Å². The van der Waals surface area contributed by atoms with Gasteiger partial charge >= 0.3 is 0 Å². The Hall–Kier alpha value is -2.46. The van der Waals surface area contributed by atoms with Gasteiger partial charge in [0.1, 0.15) is 0 Å². The Morgan fingerprint density at radius 3 is 2.84 bits per heavy atom. The SMILES string of the molecule is Cc1cccc2cc3c(nc12)O[C@@H](F)CN(CCc1ccccc1)C3. The summed E-state index contributed by atoms with van der Waals surface area (Å²) in [5.41, 5.74) is 4.16. The number of ether oxygens (including phenoxy) is 1. The van der Waals surface area contributed by atoms with Crippen LogP contribution in [-0.4, -0.2) is 29.3 Å². The largest absolute Gasteiger partial charge is 0.442 e. The molecule has 3 nitrogen and oxygen atoms in total. The Morgan fingerprint density at radius 2 is 2.00 bits per heavy atom. The first-order chi connectivity index (χ1) is 12.2. The zero-order valence-corrected chi connectivity index (χ0v) is 14.3. The Morgan fingerprint density at radius 1 is 1.16 bits per heavy atom. The first kappa shape index (κ1) is 16.0. The van der Waals surface area contributed by atoms with Gasteiger partial charge in [0.2, 0.25) is 5.88 Å². The van der Waals surface area contributed by atoms with Crippen molar-refractivity contribution in [3.63, 3.8) is 0 Å². The van der Waals surface area contributed by atoms with Crippen LogP contribution >= 0.6 is 0 Å². The Labute approximate surface area is 147 Å². The molecular formula is C21H21FN2O. The lowest BCUT2D eigenvalue weighted by atomic mass is 10.1. The molecule has 0 radical (unpaired) electrons. The Bertz CT molecular complexity index is 882. The van der Waals surface area contributed by atoms with Crippen molar-refractivity contribution in [2.75, 3.05) is 13.1 Å². The second-order valence-electron chi connectivity index (χ2n) is 6.60. The molecule has 4 heteroatoms. The number of aryl methyl sites for hydroxylation is 1. The van der Waals surface area contributed by atoms with Crippen LogP contribution in [0, 0.1) is 6.92 Å². The van der Waals surface area contributed by atoms with Gasteiger partial charge in [-0.25, -0.2) is 9.37 Å². The molecule has 2 heterocycles. The molecule has 0 saturated carbocycles. The minimum Gasteiger partial charge on any atom is -0.442 e. The van der Waals surface area contributed by atoms with Crippen LogP contribution in [-0.2, 0) is 13.0 Å². The topological polar surface area (TPSA) is 25.4 Å². The molecule has 1 aliphatic rings. The molecule has 0 fully saturated rings. The fourth-order valence-electron chi connectivity index (χ4n) is 3.36. The smallest absolute Gasteiger partial charge is 0.252 e. The van der Waals surface area contributed by atoms with E-state index in [1.54, 1.807) is 0 Å². The third-order valence-corrected chi connectivity index (χ3v) is 4.68. The molecule has 128 valence electrons. The first-order valence-electron chi connectivity index (χ1n) is 8.65. The lowest BCUT2D eigenvalue weighted by Gasteiger charge is -2.20. The van der Waals surface area contributed by atoms with Crippen molar-refractivity contribution in [2.45, 2.75) is 26.2 Å². The van der Waals surface area contributed by atoms with E-state index in [9.17, 15) is 4.39 Å². The minimum atomic E-state index is -1.36. The van der Waals surface area contributed by atoms with E-state index in [0.717, 1.165) is 35.0 Å². The monoisotopic (exact) mass is 336 g/mol. The zero-order chi connectivity index (χ0) is 17.2. The summed E-state index contributed by atoms with van der Waals surface area (Å²) in [7, 11) is 0. The predicted molar refractivity (Wildman–Crippen MR) is 97.4 cm³/mol. The Kier molecular flexibility index (Phi) is 4.36. The van der Waals surface area contributed by atoms with E-state index in [-0.39, 0.29) is 6.54 Å². The van der Waals surface area contributed by atoms with E-state index in [2.05, 4.69) is 28.1 Å².